The van der Waals surface area contributed by atoms with Crippen LogP contribution in [0.1, 0.15) is 33.6 Å². The van der Waals surface area contributed by atoms with Crippen molar-refractivity contribution < 1.29 is 28.7 Å². The summed E-state index contributed by atoms with van der Waals surface area (Å²) in [6.07, 6.45) is 0.456. The molecule has 0 aliphatic carbocycles. The highest BCUT2D eigenvalue weighted by molar-refractivity contribution is 6.19. The summed E-state index contributed by atoms with van der Waals surface area (Å²) in [6.45, 7) is 3.93. The number of rotatable bonds is 6. The molecule has 35 heavy (non-hydrogen) atoms. The lowest BCUT2D eigenvalue weighted by Gasteiger charge is -2.34. The summed E-state index contributed by atoms with van der Waals surface area (Å²) < 4.78 is 10.6. The number of piperazine rings is 1. The quantitative estimate of drug-likeness (QED) is 0.623. The number of anilines is 1. The van der Waals surface area contributed by atoms with Crippen molar-refractivity contribution >= 4 is 29.3 Å². The molecule has 0 spiro atoms. The van der Waals surface area contributed by atoms with Gasteiger partial charge < -0.3 is 19.7 Å². The minimum absolute atomic E-state index is 0.0774. The van der Waals surface area contributed by atoms with E-state index < -0.39 is 0 Å². The van der Waals surface area contributed by atoms with Gasteiger partial charge in [-0.15, -0.1) is 0 Å². The fourth-order valence-corrected chi connectivity index (χ4v) is 4.44. The average molecular weight is 479 g/mol. The van der Waals surface area contributed by atoms with E-state index in [-0.39, 0.29) is 43.3 Å². The molecule has 2 saturated heterocycles. The van der Waals surface area contributed by atoms with Gasteiger partial charge in [-0.05, 0) is 42.5 Å². The second-order valence-electron chi connectivity index (χ2n) is 8.63. The maximum absolute atomic E-state index is 12.9. The Morgan fingerprint density at radius 3 is 2.20 bits per heavy atom. The van der Waals surface area contributed by atoms with Crippen LogP contribution in [0.25, 0.3) is 0 Å². The van der Waals surface area contributed by atoms with Crippen LogP contribution in [-0.2, 0) is 9.59 Å². The summed E-state index contributed by atoms with van der Waals surface area (Å²) in [6, 6.07) is 11.7. The normalized spacial score (nSPS) is 17.7. The molecule has 0 atom stereocenters. The molecule has 10 nitrogen and oxygen atoms in total. The lowest BCUT2D eigenvalue weighted by atomic mass is 10.1. The van der Waals surface area contributed by atoms with Crippen LogP contribution in [0.5, 0.6) is 11.5 Å². The molecule has 4 amide bonds. The zero-order chi connectivity index (χ0) is 24.4. The van der Waals surface area contributed by atoms with Crippen LogP contribution in [0, 0.1) is 0 Å². The third-order valence-corrected chi connectivity index (χ3v) is 6.43. The van der Waals surface area contributed by atoms with E-state index in [4.69, 9.17) is 9.47 Å². The van der Waals surface area contributed by atoms with Gasteiger partial charge in [0.2, 0.25) is 18.6 Å². The highest BCUT2D eigenvalue weighted by Crippen LogP contribution is 2.32. The SMILES string of the molecule is O=C(NCCN1CCN(C(=O)c2ccc(N3C(=O)CCC3=O)cc2)CC1)c1ccc2c(c1)OCO2. The van der Waals surface area contributed by atoms with Crippen LogP contribution in [0.15, 0.2) is 42.5 Å². The van der Waals surface area contributed by atoms with Gasteiger partial charge in [0.1, 0.15) is 0 Å². The molecule has 0 bridgehead atoms. The summed E-state index contributed by atoms with van der Waals surface area (Å²) in [5, 5.41) is 2.92. The Morgan fingerprint density at radius 2 is 1.49 bits per heavy atom. The van der Waals surface area contributed by atoms with E-state index in [2.05, 4.69) is 10.2 Å². The predicted molar refractivity (Wildman–Crippen MR) is 125 cm³/mol. The molecule has 182 valence electrons. The number of imide groups is 1. The summed E-state index contributed by atoms with van der Waals surface area (Å²) >= 11 is 0. The maximum atomic E-state index is 12.9. The minimum Gasteiger partial charge on any atom is -0.454 e. The van der Waals surface area contributed by atoms with E-state index in [0.29, 0.717) is 67.6 Å². The average Bonchev–Trinajstić information content (AvgIpc) is 3.49. The molecule has 0 unspecified atom stereocenters. The van der Waals surface area contributed by atoms with E-state index in [1.807, 2.05) is 0 Å². The number of fused-ring (bicyclic) bond motifs is 1. The third-order valence-electron chi connectivity index (χ3n) is 6.43. The standard InChI is InChI=1S/C25H26N4O6/c30-22-7-8-23(31)29(22)19-4-1-17(2-5-19)25(33)28-13-11-27(12-14-28)10-9-26-24(32)18-3-6-20-21(15-18)35-16-34-20/h1-6,15H,7-14,16H2,(H,26,32). The topological polar surface area (TPSA) is 108 Å². The summed E-state index contributed by atoms with van der Waals surface area (Å²) in [7, 11) is 0. The first kappa shape index (κ1) is 22.9. The van der Waals surface area contributed by atoms with E-state index >= 15 is 0 Å². The number of carbonyl (C=O) groups is 4. The highest BCUT2D eigenvalue weighted by Gasteiger charge is 2.30. The molecule has 0 saturated carbocycles. The van der Waals surface area contributed by atoms with Crippen molar-refractivity contribution in [3.8, 4) is 11.5 Å². The largest absolute Gasteiger partial charge is 0.454 e. The molecular formula is C25H26N4O6. The van der Waals surface area contributed by atoms with Crippen LogP contribution < -0.4 is 19.7 Å². The van der Waals surface area contributed by atoms with E-state index in [0.717, 1.165) is 0 Å². The van der Waals surface area contributed by atoms with Gasteiger partial charge in [0.15, 0.2) is 11.5 Å². The Morgan fingerprint density at radius 1 is 0.829 bits per heavy atom. The second kappa shape index (κ2) is 9.75. The number of carbonyl (C=O) groups excluding carboxylic acids is 4. The van der Waals surface area contributed by atoms with Crippen LogP contribution >= 0.6 is 0 Å². The van der Waals surface area contributed by atoms with Crippen molar-refractivity contribution in [1.29, 1.82) is 0 Å². The summed E-state index contributed by atoms with van der Waals surface area (Å²) in [5.41, 5.74) is 1.55. The molecule has 5 rings (SSSR count). The van der Waals surface area contributed by atoms with Crippen molar-refractivity contribution in [1.82, 2.24) is 15.1 Å². The maximum Gasteiger partial charge on any atom is 0.253 e. The molecule has 10 heteroatoms. The molecule has 2 fully saturated rings. The van der Waals surface area contributed by atoms with Gasteiger partial charge in [-0.2, -0.15) is 0 Å². The van der Waals surface area contributed by atoms with Gasteiger partial charge in [-0.1, -0.05) is 0 Å². The van der Waals surface area contributed by atoms with E-state index in [9.17, 15) is 19.2 Å². The van der Waals surface area contributed by atoms with Gasteiger partial charge >= 0.3 is 0 Å². The molecule has 1 N–H and O–H groups in total. The number of amides is 4. The molecule has 0 aromatic heterocycles. The fourth-order valence-electron chi connectivity index (χ4n) is 4.44. The van der Waals surface area contributed by atoms with Crippen LogP contribution in [0.2, 0.25) is 0 Å². The lowest BCUT2D eigenvalue weighted by molar-refractivity contribution is -0.121. The van der Waals surface area contributed by atoms with Crippen molar-refractivity contribution in [3.63, 3.8) is 0 Å². The first-order valence-corrected chi connectivity index (χ1v) is 11.6. The van der Waals surface area contributed by atoms with Gasteiger partial charge in [0.25, 0.3) is 11.8 Å². The molecule has 2 aromatic rings. The lowest BCUT2D eigenvalue weighted by Crippen LogP contribution is -2.50. The Bertz CT molecular complexity index is 1140. The molecular weight excluding hydrogens is 452 g/mol. The van der Waals surface area contributed by atoms with Crippen LogP contribution in [0.4, 0.5) is 5.69 Å². The Labute approximate surface area is 202 Å². The first-order valence-electron chi connectivity index (χ1n) is 11.6. The predicted octanol–water partition coefficient (Wildman–Crippen LogP) is 1.26. The Kier molecular flexibility index (Phi) is 6.37. The second-order valence-corrected chi connectivity index (χ2v) is 8.63. The Hall–Kier alpha value is -3.92. The molecule has 3 aliphatic heterocycles. The summed E-state index contributed by atoms with van der Waals surface area (Å²) in [4.78, 5) is 54.3. The highest BCUT2D eigenvalue weighted by atomic mass is 16.7. The van der Waals surface area contributed by atoms with Crippen molar-refractivity contribution in [2.24, 2.45) is 0 Å². The zero-order valence-corrected chi connectivity index (χ0v) is 19.2. The van der Waals surface area contributed by atoms with Gasteiger partial charge in [-0.3, -0.25) is 29.0 Å². The van der Waals surface area contributed by atoms with Crippen molar-refractivity contribution in [3.05, 3.63) is 53.6 Å². The van der Waals surface area contributed by atoms with Crippen LogP contribution in [0.3, 0.4) is 0 Å². The number of hydrogen-bond donors (Lipinski definition) is 1. The zero-order valence-electron chi connectivity index (χ0n) is 19.2. The van der Waals surface area contributed by atoms with Crippen LogP contribution in [-0.4, -0.2) is 79.5 Å². The van der Waals surface area contributed by atoms with E-state index in [1.54, 1.807) is 47.4 Å². The number of nitrogens with one attached hydrogen (secondary N) is 1. The number of benzene rings is 2. The van der Waals surface area contributed by atoms with Crippen molar-refractivity contribution in [2.75, 3.05) is 51.0 Å². The minimum atomic E-state index is -0.211. The monoisotopic (exact) mass is 478 g/mol. The molecule has 3 heterocycles. The third kappa shape index (κ3) is 4.83. The first-order chi connectivity index (χ1) is 17.0. The van der Waals surface area contributed by atoms with Gasteiger partial charge in [0.05, 0.1) is 5.69 Å². The Balaban J connectivity index is 1.07. The fraction of sp³-hybridized carbons (Fsp3) is 0.360. The molecule has 0 radical (unpaired) electrons. The van der Waals surface area contributed by atoms with Gasteiger partial charge in [-0.25, -0.2) is 0 Å². The number of ether oxygens (including phenoxy) is 2. The van der Waals surface area contributed by atoms with Crippen molar-refractivity contribution in [2.45, 2.75) is 12.8 Å². The summed E-state index contributed by atoms with van der Waals surface area (Å²) in [5.74, 6) is 0.548. The van der Waals surface area contributed by atoms with Gasteiger partial charge in [0, 0.05) is 63.2 Å². The number of hydrogen-bond acceptors (Lipinski definition) is 7. The molecule has 3 aliphatic rings. The number of nitrogens with zero attached hydrogens (tertiary/aromatic N) is 3. The molecule has 2 aromatic carbocycles. The smallest absolute Gasteiger partial charge is 0.253 e. The van der Waals surface area contributed by atoms with E-state index in [1.165, 1.54) is 4.90 Å².